The van der Waals surface area contributed by atoms with Crippen molar-refractivity contribution in [2.75, 3.05) is 19.8 Å². The van der Waals surface area contributed by atoms with Gasteiger partial charge in [0.1, 0.15) is 5.54 Å². The summed E-state index contributed by atoms with van der Waals surface area (Å²) in [4.78, 5) is 11.4. The SMILES string of the molecule is CC(C)COCCOC(C)CC(C)(NC(C)C)C(=O)O. The fourth-order valence-electron chi connectivity index (χ4n) is 2.11. The zero-order valence-electron chi connectivity index (χ0n) is 13.7. The highest BCUT2D eigenvalue weighted by Crippen LogP contribution is 2.16. The lowest BCUT2D eigenvalue weighted by atomic mass is 9.94. The summed E-state index contributed by atoms with van der Waals surface area (Å²) in [5.74, 6) is -0.337. The number of hydrogen-bond acceptors (Lipinski definition) is 4. The fraction of sp³-hybridized carbons (Fsp3) is 0.933. The molecule has 0 aromatic heterocycles. The van der Waals surface area contributed by atoms with Crippen molar-refractivity contribution in [1.82, 2.24) is 5.32 Å². The van der Waals surface area contributed by atoms with Crippen molar-refractivity contribution in [2.45, 2.75) is 65.6 Å². The van der Waals surface area contributed by atoms with Gasteiger partial charge >= 0.3 is 5.97 Å². The fourth-order valence-corrected chi connectivity index (χ4v) is 2.11. The van der Waals surface area contributed by atoms with E-state index in [4.69, 9.17) is 9.47 Å². The van der Waals surface area contributed by atoms with Crippen LogP contribution in [0.1, 0.15) is 48.0 Å². The van der Waals surface area contributed by atoms with Crippen LogP contribution >= 0.6 is 0 Å². The van der Waals surface area contributed by atoms with Crippen molar-refractivity contribution in [3.63, 3.8) is 0 Å². The Morgan fingerprint density at radius 2 is 1.80 bits per heavy atom. The minimum Gasteiger partial charge on any atom is -0.480 e. The molecule has 0 spiro atoms. The van der Waals surface area contributed by atoms with Gasteiger partial charge in [0.05, 0.1) is 19.3 Å². The summed E-state index contributed by atoms with van der Waals surface area (Å²) in [7, 11) is 0. The van der Waals surface area contributed by atoms with Crippen LogP contribution in [-0.2, 0) is 14.3 Å². The van der Waals surface area contributed by atoms with Gasteiger partial charge in [-0.15, -0.1) is 0 Å². The van der Waals surface area contributed by atoms with Gasteiger partial charge in [-0.2, -0.15) is 0 Å². The maximum atomic E-state index is 11.4. The normalized spacial score (nSPS) is 16.4. The molecule has 0 aliphatic rings. The molecule has 2 atom stereocenters. The maximum Gasteiger partial charge on any atom is 0.323 e. The monoisotopic (exact) mass is 289 g/mol. The second kappa shape index (κ2) is 9.32. The van der Waals surface area contributed by atoms with Gasteiger partial charge in [0.25, 0.3) is 0 Å². The van der Waals surface area contributed by atoms with Crippen molar-refractivity contribution >= 4 is 5.97 Å². The molecule has 0 aliphatic carbocycles. The highest BCUT2D eigenvalue weighted by atomic mass is 16.5. The van der Waals surface area contributed by atoms with Crippen LogP contribution in [0.5, 0.6) is 0 Å². The van der Waals surface area contributed by atoms with E-state index in [1.54, 1.807) is 6.92 Å². The van der Waals surface area contributed by atoms with Crippen LogP contribution in [0.4, 0.5) is 0 Å². The summed E-state index contributed by atoms with van der Waals surface area (Å²) in [5.41, 5.74) is -0.966. The van der Waals surface area contributed by atoms with Gasteiger partial charge in [-0.1, -0.05) is 13.8 Å². The number of carbonyl (C=O) groups is 1. The summed E-state index contributed by atoms with van der Waals surface area (Å²) >= 11 is 0. The van der Waals surface area contributed by atoms with Crippen LogP contribution in [0.3, 0.4) is 0 Å². The molecule has 0 aromatic rings. The zero-order valence-corrected chi connectivity index (χ0v) is 13.7. The quantitative estimate of drug-likeness (QED) is 0.571. The molecule has 20 heavy (non-hydrogen) atoms. The van der Waals surface area contributed by atoms with Gasteiger partial charge in [-0.3, -0.25) is 10.1 Å². The molecule has 0 bridgehead atoms. The Labute approximate surface area is 123 Å². The molecular weight excluding hydrogens is 258 g/mol. The first kappa shape index (κ1) is 19.4. The molecule has 0 radical (unpaired) electrons. The van der Waals surface area contributed by atoms with Gasteiger partial charge in [-0.05, 0) is 33.6 Å². The molecule has 2 unspecified atom stereocenters. The average molecular weight is 289 g/mol. The molecule has 0 fully saturated rings. The first-order valence-electron chi connectivity index (χ1n) is 7.37. The Kier molecular flexibility index (Phi) is 9.01. The zero-order chi connectivity index (χ0) is 15.8. The van der Waals surface area contributed by atoms with Crippen LogP contribution in [0.15, 0.2) is 0 Å². The van der Waals surface area contributed by atoms with Crippen molar-refractivity contribution in [3.8, 4) is 0 Å². The number of hydrogen-bond donors (Lipinski definition) is 2. The van der Waals surface area contributed by atoms with E-state index in [0.717, 1.165) is 6.61 Å². The number of carboxylic acids is 1. The third kappa shape index (κ3) is 8.51. The van der Waals surface area contributed by atoms with Gasteiger partial charge in [-0.25, -0.2) is 0 Å². The van der Waals surface area contributed by atoms with E-state index in [-0.39, 0.29) is 12.1 Å². The van der Waals surface area contributed by atoms with E-state index in [2.05, 4.69) is 19.2 Å². The first-order chi connectivity index (χ1) is 9.17. The van der Waals surface area contributed by atoms with Crippen LogP contribution in [0.25, 0.3) is 0 Å². The number of carboxylic acid groups (broad SMARTS) is 1. The lowest BCUT2D eigenvalue weighted by molar-refractivity contribution is -0.146. The van der Waals surface area contributed by atoms with Crippen molar-refractivity contribution in [3.05, 3.63) is 0 Å². The van der Waals surface area contributed by atoms with Crippen LogP contribution in [0.2, 0.25) is 0 Å². The Morgan fingerprint density at radius 3 is 2.25 bits per heavy atom. The van der Waals surface area contributed by atoms with E-state index < -0.39 is 11.5 Å². The smallest absolute Gasteiger partial charge is 0.323 e. The first-order valence-corrected chi connectivity index (χ1v) is 7.37. The third-order valence-electron chi connectivity index (χ3n) is 2.86. The van der Waals surface area contributed by atoms with E-state index in [1.807, 2.05) is 20.8 Å². The van der Waals surface area contributed by atoms with Gasteiger partial charge in [0.2, 0.25) is 0 Å². The van der Waals surface area contributed by atoms with Crippen LogP contribution in [0, 0.1) is 5.92 Å². The predicted octanol–water partition coefficient (Wildman–Crippen LogP) is 2.30. The largest absolute Gasteiger partial charge is 0.480 e. The lowest BCUT2D eigenvalue weighted by Crippen LogP contribution is -2.54. The van der Waals surface area contributed by atoms with Gasteiger partial charge in [0, 0.05) is 19.1 Å². The Balaban J connectivity index is 4.08. The van der Waals surface area contributed by atoms with Crippen molar-refractivity contribution in [2.24, 2.45) is 5.92 Å². The molecule has 5 heteroatoms. The lowest BCUT2D eigenvalue weighted by Gasteiger charge is -2.31. The summed E-state index contributed by atoms with van der Waals surface area (Å²) in [6, 6.07) is 0.109. The minimum absolute atomic E-state index is 0.109. The molecule has 0 heterocycles. The maximum absolute atomic E-state index is 11.4. The summed E-state index contributed by atoms with van der Waals surface area (Å²) in [5, 5.41) is 12.5. The molecule has 0 aliphatic heterocycles. The summed E-state index contributed by atoms with van der Waals surface area (Å²) < 4.78 is 11.1. The third-order valence-corrected chi connectivity index (χ3v) is 2.86. The Hall–Kier alpha value is -0.650. The molecule has 0 rings (SSSR count). The Morgan fingerprint density at radius 1 is 1.20 bits per heavy atom. The molecular formula is C15H31NO4. The van der Waals surface area contributed by atoms with Crippen LogP contribution in [-0.4, -0.2) is 48.6 Å². The molecule has 0 aromatic carbocycles. The van der Waals surface area contributed by atoms with E-state index in [0.29, 0.717) is 25.6 Å². The standard InChI is InChI=1S/C15H31NO4/c1-11(2)10-19-7-8-20-13(5)9-15(6,14(17)18)16-12(3)4/h11-13,16H,7-10H2,1-6H3,(H,17,18). The number of nitrogens with one attached hydrogen (secondary N) is 1. The highest BCUT2D eigenvalue weighted by Gasteiger charge is 2.35. The van der Waals surface area contributed by atoms with Gasteiger partial charge < -0.3 is 14.6 Å². The van der Waals surface area contributed by atoms with E-state index in [9.17, 15) is 9.90 Å². The Bertz CT molecular complexity index is 281. The molecule has 5 nitrogen and oxygen atoms in total. The number of aliphatic carboxylic acids is 1. The van der Waals surface area contributed by atoms with E-state index in [1.165, 1.54) is 0 Å². The molecule has 2 N–H and O–H groups in total. The van der Waals surface area contributed by atoms with Crippen molar-refractivity contribution in [1.29, 1.82) is 0 Å². The van der Waals surface area contributed by atoms with Crippen LogP contribution < -0.4 is 5.32 Å². The summed E-state index contributed by atoms with van der Waals surface area (Å²) in [6.07, 6.45) is 0.287. The highest BCUT2D eigenvalue weighted by molar-refractivity contribution is 5.78. The number of rotatable bonds is 11. The average Bonchev–Trinajstić information content (AvgIpc) is 2.26. The van der Waals surface area contributed by atoms with E-state index >= 15 is 0 Å². The second-order valence-corrected chi connectivity index (χ2v) is 6.29. The predicted molar refractivity (Wildman–Crippen MR) is 80.0 cm³/mol. The second-order valence-electron chi connectivity index (χ2n) is 6.29. The molecule has 0 saturated carbocycles. The molecule has 120 valence electrons. The topological polar surface area (TPSA) is 67.8 Å². The summed E-state index contributed by atoms with van der Waals surface area (Å²) in [6.45, 7) is 13.4. The molecule has 0 amide bonds. The van der Waals surface area contributed by atoms with Gasteiger partial charge in [0.15, 0.2) is 0 Å². The van der Waals surface area contributed by atoms with Crippen molar-refractivity contribution < 1.29 is 19.4 Å². The number of ether oxygens (including phenoxy) is 2. The minimum atomic E-state index is -0.966. The molecule has 0 saturated heterocycles.